The number of ketones is 1. The SMILES string of the molecule is CC(C)(C)NC(=O)N[C@H](C(=O)N1CC2=C=CC(C)(C)[C@@H]2[C@H]1C(=O)N[C@@H]1CC2CCC2=C(N)C1=O)C(C)(C)C. The Kier molecular flexibility index (Phi) is 6.84. The van der Waals surface area contributed by atoms with E-state index >= 15 is 0 Å². The molecule has 38 heavy (non-hydrogen) atoms. The van der Waals surface area contributed by atoms with E-state index in [4.69, 9.17) is 5.73 Å². The number of nitrogens with one attached hydrogen (secondary N) is 3. The number of nitrogens with two attached hydrogens (primary N) is 1. The molecule has 5 N–H and O–H groups in total. The number of hydrogen-bond acceptors (Lipinski definition) is 5. The third kappa shape index (κ3) is 5.13. The fourth-order valence-electron chi connectivity index (χ4n) is 6.17. The second-order valence-corrected chi connectivity index (χ2v) is 14.0. The van der Waals surface area contributed by atoms with Crippen LogP contribution in [0.4, 0.5) is 4.79 Å². The van der Waals surface area contributed by atoms with Crippen LogP contribution in [0, 0.1) is 22.7 Å². The summed E-state index contributed by atoms with van der Waals surface area (Å²) >= 11 is 0. The molecule has 1 saturated heterocycles. The van der Waals surface area contributed by atoms with E-state index < -0.39 is 40.5 Å². The predicted molar refractivity (Wildman–Crippen MR) is 145 cm³/mol. The molecule has 3 aliphatic carbocycles. The van der Waals surface area contributed by atoms with Gasteiger partial charge in [0.15, 0.2) is 0 Å². The molecule has 9 heteroatoms. The van der Waals surface area contributed by atoms with Crippen molar-refractivity contribution in [2.24, 2.45) is 28.4 Å². The summed E-state index contributed by atoms with van der Waals surface area (Å²) in [7, 11) is 0. The van der Waals surface area contributed by atoms with E-state index in [9.17, 15) is 19.2 Å². The average molecular weight is 526 g/mol. The topological polar surface area (TPSA) is 134 Å². The lowest BCUT2D eigenvalue weighted by molar-refractivity contribution is -0.144. The molecule has 1 aliphatic heterocycles. The quantitative estimate of drug-likeness (QED) is 0.419. The van der Waals surface area contributed by atoms with Crippen molar-refractivity contribution in [2.75, 3.05) is 6.54 Å². The minimum atomic E-state index is -0.876. The van der Waals surface area contributed by atoms with Crippen LogP contribution in [0.1, 0.15) is 74.7 Å². The second kappa shape index (κ2) is 9.30. The van der Waals surface area contributed by atoms with E-state index in [1.165, 1.54) is 0 Å². The number of carbonyl (C=O) groups is 4. The molecule has 0 aromatic heterocycles. The van der Waals surface area contributed by atoms with Crippen molar-refractivity contribution in [3.63, 3.8) is 0 Å². The van der Waals surface area contributed by atoms with Gasteiger partial charge >= 0.3 is 6.03 Å². The monoisotopic (exact) mass is 525 g/mol. The number of rotatable bonds is 4. The molecule has 208 valence electrons. The van der Waals surface area contributed by atoms with E-state index in [0.717, 1.165) is 24.0 Å². The van der Waals surface area contributed by atoms with Crippen LogP contribution in [0.5, 0.6) is 0 Å². The normalized spacial score (nSPS) is 28.7. The van der Waals surface area contributed by atoms with Gasteiger partial charge in [-0.15, -0.1) is 5.73 Å². The zero-order valence-corrected chi connectivity index (χ0v) is 24.0. The summed E-state index contributed by atoms with van der Waals surface area (Å²) in [5, 5.41) is 8.68. The summed E-state index contributed by atoms with van der Waals surface area (Å²) in [5.74, 6) is -0.995. The van der Waals surface area contributed by atoms with Crippen LogP contribution in [-0.2, 0) is 14.4 Å². The molecule has 1 saturated carbocycles. The van der Waals surface area contributed by atoms with Crippen LogP contribution in [0.25, 0.3) is 0 Å². The minimum absolute atomic E-state index is 0.232. The third-order valence-electron chi connectivity index (χ3n) is 8.25. The van der Waals surface area contributed by atoms with Crippen LogP contribution >= 0.6 is 0 Å². The van der Waals surface area contributed by atoms with Gasteiger partial charge in [-0.25, -0.2) is 4.79 Å². The molecule has 4 aliphatic rings. The molecule has 0 aromatic carbocycles. The van der Waals surface area contributed by atoms with Gasteiger partial charge in [0.25, 0.3) is 0 Å². The van der Waals surface area contributed by atoms with E-state index in [-0.39, 0.29) is 41.7 Å². The van der Waals surface area contributed by atoms with Crippen molar-refractivity contribution in [3.8, 4) is 0 Å². The van der Waals surface area contributed by atoms with Crippen molar-refractivity contribution in [3.05, 3.63) is 28.7 Å². The highest BCUT2D eigenvalue weighted by molar-refractivity contribution is 6.03. The lowest BCUT2D eigenvalue weighted by Gasteiger charge is -2.40. The van der Waals surface area contributed by atoms with Gasteiger partial charge in [-0.1, -0.05) is 34.6 Å². The summed E-state index contributed by atoms with van der Waals surface area (Å²) in [6.07, 6.45) is 4.30. The van der Waals surface area contributed by atoms with E-state index in [1.54, 1.807) is 4.90 Å². The molecule has 0 bridgehead atoms. The summed E-state index contributed by atoms with van der Waals surface area (Å²) in [6.45, 7) is 15.5. The molecule has 1 unspecified atom stereocenters. The maximum Gasteiger partial charge on any atom is 0.315 e. The van der Waals surface area contributed by atoms with Crippen molar-refractivity contribution < 1.29 is 19.2 Å². The maximum absolute atomic E-state index is 14.1. The van der Waals surface area contributed by atoms with Gasteiger partial charge < -0.3 is 26.6 Å². The van der Waals surface area contributed by atoms with Crippen molar-refractivity contribution in [1.29, 1.82) is 0 Å². The van der Waals surface area contributed by atoms with Gasteiger partial charge in [-0.2, -0.15) is 0 Å². The molecule has 2 fully saturated rings. The first kappa shape index (κ1) is 28.0. The minimum Gasteiger partial charge on any atom is -0.396 e. The van der Waals surface area contributed by atoms with Gasteiger partial charge in [0.05, 0.1) is 18.3 Å². The lowest BCUT2D eigenvalue weighted by atomic mass is 9.69. The van der Waals surface area contributed by atoms with Crippen molar-refractivity contribution in [2.45, 2.75) is 98.3 Å². The summed E-state index contributed by atoms with van der Waals surface area (Å²) in [6, 6.07) is -2.86. The highest BCUT2D eigenvalue weighted by atomic mass is 16.2. The van der Waals surface area contributed by atoms with Gasteiger partial charge in [-0.3, -0.25) is 14.4 Å². The van der Waals surface area contributed by atoms with Crippen molar-refractivity contribution in [1.82, 2.24) is 20.9 Å². The van der Waals surface area contributed by atoms with E-state index in [2.05, 4.69) is 21.7 Å². The molecular weight excluding hydrogens is 482 g/mol. The fourth-order valence-corrected chi connectivity index (χ4v) is 6.17. The van der Waals surface area contributed by atoms with Crippen LogP contribution in [0.15, 0.2) is 28.7 Å². The van der Waals surface area contributed by atoms with Crippen LogP contribution in [-0.4, -0.2) is 58.7 Å². The Balaban J connectivity index is 1.62. The summed E-state index contributed by atoms with van der Waals surface area (Å²) in [5.41, 5.74) is 10.1. The number of amides is 4. The van der Waals surface area contributed by atoms with Gasteiger partial charge in [0.1, 0.15) is 12.1 Å². The number of likely N-dealkylation sites (tertiary alicyclic amines) is 1. The molecule has 5 atom stereocenters. The molecule has 4 rings (SSSR count). The number of nitrogens with zero attached hydrogens (tertiary/aromatic N) is 1. The highest BCUT2D eigenvalue weighted by Gasteiger charge is 2.54. The van der Waals surface area contributed by atoms with Gasteiger partial charge in [-0.05, 0) is 74.0 Å². The molecule has 9 nitrogen and oxygen atoms in total. The summed E-state index contributed by atoms with van der Waals surface area (Å²) in [4.78, 5) is 55.4. The summed E-state index contributed by atoms with van der Waals surface area (Å²) < 4.78 is 0. The molecule has 1 heterocycles. The predicted octanol–water partition coefficient (Wildman–Crippen LogP) is 2.53. The molecule has 4 amide bonds. The molecule has 0 aromatic rings. The Labute approximate surface area is 225 Å². The number of carbonyl (C=O) groups excluding carboxylic acids is 4. The Hall–Kier alpha value is -3.06. The zero-order valence-electron chi connectivity index (χ0n) is 24.0. The first-order chi connectivity index (χ1) is 17.4. The first-order valence-corrected chi connectivity index (χ1v) is 13.6. The lowest BCUT2D eigenvalue weighted by Crippen LogP contribution is -2.62. The van der Waals surface area contributed by atoms with Gasteiger partial charge in [0.2, 0.25) is 17.6 Å². The van der Waals surface area contributed by atoms with Crippen LogP contribution in [0.3, 0.4) is 0 Å². The Morgan fingerprint density at radius 3 is 2.37 bits per heavy atom. The second-order valence-electron chi connectivity index (χ2n) is 14.0. The smallest absolute Gasteiger partial charge is 0.315 e. The third-order valence-corrected chi connectivity index (χ3v) is 8.25. The average Bonchev–Trinajstić information content (AvgIpc) is 3.27. The number of allylic oxidation sites excluding steroid dienone is 1. The van der Waals surface area contributed by atoms with Crippen molar-refractivity contribution >= 4 is 23.6 Å². The number of Topliss-reactive ketones (excluding diaryl/α,β-unsaturated/α-hetero) is 1. The Bertz CT molecular complexity index is 1160. The zero-order chi connectivity index (χ0) is 28.4. The molecular formula is C29H43N5O4. The maximum atomic E-state index is 14.1. The van der Waals surface area contributed by atoms with Gasteiger partial charge in [0, 0.05) is 11.5 Å². The fraction of sp³-hybridized carbons (Fsp3) is 0.690. The number of hydrogen-bond donors (Lipinski definition) is 4. The largest absolute Gasteiger partial charge is 0.396 e. The Morgan fingerprint density at radius 2 is 1.82 bits per heavy atom. The van der Waals surface area contributed by atoms with Crippen LogP contribution in [0.2, 0.25) is 0 Å². The standard InChI is InChI=1S/C29H43N5O4/c1-27(2,3)23(32-26(38)33-28(4,5)6)25(37)34-14-16-11-12-29(7,8)19(16)21(34)24(36)31-18-13-15-9-10-17(15)20(30)22(18)35/h12,15,18-19,21,23H,9-10,13-14,30H2,1-8H3,(H,31,36)(H2,32,33,38)/t15?,18-,19+,21+,23-/m1/s1. The number of urea groups is 1. The highest BCUT2D eigenvalue weighted by Crippen LogP contribution is 2.47. The Morgan fingerprint density at radius 1 is 1.16 bits per heavy atom. The van der Waals surface area contributed by atoms with Crippen LogP contribution < -0.4 is 21.7 Å². The molecule has 0 radical (unpaired) electrons. The number of fused-ring (bicyclic) bond motifs is 2. The van der Waals surface area contributed by atoms with E-state index in [0.29, 0.717) is 6.42 Å². The molecule has 0 spiro atoms. The first-order valence-electron chi connectivity index (χ1n) is 13.6. The van der Waals surface area contributed by atoms with E-state index in [1.807, 2.05) is 61.5 Å².